The van der Waals surface area contributed by atoms with Crippen LogP contribution in [0.3, 0.4) is 0 Å². The quantitative estimate of drug-likeness (QED) is 0.815. The van der Waals surface area contributed by atoms with E-state index in [1.54, 1.807) is 0 Å². The highest BCUT2D eigenvalue weighted by atomic mass is 16.5. The highest BCUT2D eigenvalue weighted by molar-refractivity contribution is 4.85. The smallest absolute Gasteiger partial charge is 0.0674 e. The van der Waals surface area contributed by atoms with Crippen molar-refractivity contribution in [3.8, 4) is 0 Å². The summed E-state index contributed by atoms with van der Waals surface area (Å²) in [4.78, 5) is 2.63. The van der Waals surface area contributed by atoms with Crippen LogP contribution in [0, 0.1) is 5.92 Å². The molecule has 1 aliphatic carbocycles. The monoisotopic (exact) mass is 240 g/mol. The number of nitrogens with zero attached hydrogens (tertiary/aromatic N) is 1. The Morgan fingerprint density at radius 3 is 2.76 bits per heavy atom. The van der Waals surface area contributed by atoms with E-state index >= 15 is 0 Å². The lowest BCUT2D eigenvalue weighted by molar-refractivity contribution is -0.0571. The van der Waals surface area contributed by atoms with Crippen LogP contribution in [0.5, 0.6) is 0 Å². The molecular formula is C14H28N2O. The minimum atomic E-state index is 0.405. The summed E-state index contributed by atoms with van der Waals surface area (Å²) < 4.78 is 5.71. The molecule has 0 amide bonds. The Hall–Kier alpha value is -0.120. The van der Waals surface area contributed by atoms with E-state index in [-0.39, 0.29) is 0 Å². The molecule has 0 spiro atoms. The van der Waals surface area contributed by atoms with Crippen LogP contribution >= 0.6 is 0 Å². The topological polar surface area (TPSA) is 24.5 Å². The Morgan fingerprint density at radius 2 is 2.00 bits per heavy atom. The van der Waals surface area contributed by atoms with Crippen LogP contribution in [0.15, 0.2) is 0 Å². The molecule has 1 saturated carbocycles. The van der Waals surface area contributed by atoms with Crippen LogP contribution in [-0.2, 0) is 4.74 Å². The molecule has 100 valence electrons. The van der Waals surface area contributed by atoms with E-state index in [0.29, 0.717) is 12.1 Å². The van der Waals surface area contributed by atoms with Gasteiger partial charge in [-0.1, -0.05) is 12.8 Å². The van der Waals surface area contributed by atoms with E-state index < -0.39 is 0 Å². The van der Waals surface area contributed by atoms with Gasteiger partial charge in [-0.05, 0) is 39.7 Å². The highest BCUT2D eigenvalue weighted by Crippen LogP contribution is 2.26. The van der Waals surface area contributed by atoms with Gasteiger partial charge in [-0.2, -0.15) is 0 Å². The molecule has 0 aromatic heterocycles. The average molecular weight is 240 g/mol. The summed E-state index contributed by atoms with van der Waals surface area (Å²) >= 11 is 0. The maximum Gasteiger partial charge on any atom is 0.0674 e. The minimum Gasteiger partial charge on any atom is -0.376 e. The van der Waals surface area contributed by atoms with Gasteiger partial charge in [0.2, 0.25) is 0 Å². The lowest BCUT2D eigenvalue weighted by Gasteiger charge is -2.41. The SMILES string of the molecule is CNC1CCCCC1CN1CC(C)OCC1C. The second-order valence-corrected chi connectivity index (χ2v) is 5.89. The predicted octanol–water partition coefficient (Wildman–Crippen LogP) is 1.87. The molecule has 0 aromatic rings. The summed E-state index contributed by atoms with van der Waals surface area (Å²) in [7, 11) is 2.12. The molecule has 3 heteroatoms. The fourth-order valence-electron chi connectivity index (χ4n) is 3.33. The van der Waals surface area contributed by atoms with Crippen LogP contribution in [0.1, 0.15) is 39.5 Å². The largest absolute Gasteiger partial charge is 0.376 e. The van der Waals surface area contributed by atoms with Gasteiger partial charge in [0.15, 0.2) is 0 Å². The Bertz CT molecular complexity index is 234. The van der Waals surface area contributed by atoms with Crippen molar-refractivity contribution in [3.63, 3.8) is 0 Å². The standard InChI is InChI=1S/C14H28N2O/c1-11-10-17-12(2)8-16(11)9-13-6-4-5-7-14(13)15-3/h11-15H,4-10H2,1-3H3. The van der Waals surface area contributed by atoms with Crippen LogP contribution < -0.4 is 5.32 Å². The van der Waals surface area contributed by atoms with Gasteiger partial charge in [0.25, 0.3) is 0 Å². The van der Waals surface area contributed by atoms with Gasteiger partial charge in [-0.3, -0.25) is 4.90 Å². The van der Waals surface area contributed by atoms with Crippen LogP contribution in [0.25, 0.3) is 0 Å². The normalized spacial score (nSPS) is 40.4. The zero-order valence-corrected chi connectivity index (χ0v) is 11.6. The lowest BCUT2D eigenvalue weighted by Crippen LogP contribution is -2.51. The Labute approximate surface area is 106 Å². The van der Waals surface area contributed by atoms with E-state index in [9.17, 15) is 0 Å². The summed E-state index contributed by atoms with van der Waals surface area (Å²) in [5, 5.41) is 3.51. The first-order valence-electron chi connectivity index (χ1n) is 7.23. The summed E-state index contributed by atoms with van der Waals surface area (Å²) in [6, 6.07) is 1.32. The second kappa shape index (κ2) is 6.17. The molecule has 4 unspecified atom stereocenters. The molecule has 1 heterocycles. The van der Waals surface area contributed by atoms with E-state index in [2.05, 4.69) is 31.1 Å². The molecule has 4 atom stereocenters. The molecule has 1 aliphatic heterocycles. The zero-order chi connectivity index (χ0) is 12.3. The molecule has 2 rings (SSSR count). The molecule has 3 nitrogen and oxygen atoms in total. The third-order valence-electron chi connectivity index (χ3n) is 4.49. The molecule has 1 saturated heterocycles. The third-order valence-corrected chi connectivity index (χ3v) is 4.49. The number of nitrogens with one attached hydrogen (secondary N) is 1. The fraction of sp³-hybridized carbons (Fsp3) is 1.00. The van der Waals surface area contributed by atoms with Crippen molar-refractivity contribution in [2.75, 3.05) is 26.7 Å². The van der Waals surface area contributed by atoms with E-state index in [1.807, 2.05) is 0 Å². The molecular weight excluding hydrogens is 212 g/mol. The first kappa shape index (κ1) is 13.3. The van der Waals surface area contributed by atoms with Gasteiger partial charge in [-0.25, -0.2) is 0 Å². The average Bonchev–Trinajstić information content (AvgIpc) is 2.34. The summed E-state index contributed by atoms with van der Waals surface area (Å²) in [6.45, 7) is 7.74. The zero-order valence-electron chi connectivity index (χ0n) is 11.6. The Morgan fingerprint density at radius 1 is 1.24 bits per heavy atom. The van der Waals surface area contributed by atoms with Gasteiger partial charge in [0.05, 0.1) is 12.7 Å². The minimum absolute atomic E-state index is 0.405. The van der Waals surface area contributed by atoms with Gasteiger partial charge >= 0.3 is 0 Å². The molecule has 0 radical (unpaired) electrons. The molecule has 1 N–H and O–H groups in total. The molecule has 0 aromatic carbocycles. The predicted molar refractivity (Wildman–Crippen MR) is 71.3 cm³/mol. The van der Waals surface area contributed by atoms with Gasteiger partial charge < -0.3 is 10.1 Å². The van der Waals surface area contributed by atoms with Crippen molar-refractivity contribution in [2.45, 2.75) is 57.7 Å². The van der Waals surface area contributed by atoms with E-state index in [4.69, 9.17) is 4.74 Å². The molecule has 0 bridgehead atoms. The first-order chi connectivity index (χ1) is 8.20. The number of rotatable bonds is 3. The molecule has 2 aliphatic rings. The van der Waals surface area contributed by atoms with Crippen molar-refractivity contribution in [2.24, 2.45) is 5.92 Å². The van der Waals surface area contributed by atoms with Crippen LogP contribution in [0.4, 0.5) is 0 Å². The van der Waals surface area contributed by atoms with Crippen molar-refractivity contribution in [3.05, 3.63) is 0 Å². The van der Waals surface area contributed by atoms with Gasteiger partial charge in [0.1, 0.15) is 0 Å². The lowest BCUT2D eigenvalue weighted by atomic mass is 9.84. The number of hydrogen-bond donors (Lipinski definition) is 1. The van der Waals surface area contributed by atoms with Crippen molar-refractivity contribution < 1.29 is 4.74 Å². The summed E-state index contributed by atoms with van der Waals surface area (Å²) in [6.07, 6.45) is 5.97. The van der Waals surface area contributed by atoms with E-state index in [1.165, 1.54) is 32.2 Å². The highest BCUT2D eigenvalue weighted by Gasteiger charge is 2.30. The van der Waals surface area contributed by atoms with Crippen molar-refractivity contribution >= 4 is 0 Å². The number of ether oxygens (including phenoxy) is 1. The Balaban J connectivity index is 1.89. The fourth-order valence-corrected chi connectivity index (χ4v) is 3.33. The van der Waals surface area contributed by atoms with Crippen molar-refractivity contribution in [1.29, 1.82) is 0 Å². The summed E-state index contributed by atoms with van der Waals surface area (Å²) in [5.74, 6) is 0.835. The summed E-state index contributed by atoms with van der Waals surface area (Å²) in [5.41, 5.74) is 0. The number of morpholine rings is 1. The van der Waals surface area contributed by atoms with Gasteiger partial charge in [0, 0.05) is 25.2 Å². The first-order valence-corrected chi connectivity index (χ1v) is 7.23. The van der Waals surface area contributed by atoms with Crippen LogP contribution in [-0.4, -0.2) is 49.8 Å². The maximum absolute atomic E-state index is 5.71. The number of hydrogen-bond acceptors (Lipinski definition) is 3. The van der Waals surface area contributed by atoms with Crippen LogP contribution in [0.2, 0.25) is 0 Å². The Kier molecular flexibility index (Phi) is 4.83. The third kappa shape index (κ3) is 3.43. The van der Waals surface area contributed by atoms with Gasteiger partial charge in [-0.15, -0.1) is 0 Å². The molecule has 17 heavy (non-hydrogen) atoms. The van der Waals surface area contributed by atoms with E-state index in [0.717, 1.165) is 25.1 Å². The van der Waals surface area contributed by atoms with Crippen molar-refractivity contribution in [1.82, 2.24) is 10.2 Å². The maximum atomic E-state index is 5.71. The molecule has 2 fully saturated rings. The second-order valence-electron chi connectivity index (χ2n) is 5.89.